The molecule has 1 aromatic carbocycles. The number of aryl methyl sites for hydroxylation is 3. The van der Waals surface area contributed by atoms with Crippen molar-refractivity contribution in [1.82, 2.24) is 10.1 Å². The summed E-state index contributed by atoms with van der Waals surface area (Å²) in [5.41, 5.74) is 9.46. The molecule has 0 bridgehead atoms. The van der Waals surface area contributed by atoms with E-state index < -0.39 is 6.10 Å². The van der Waals surface area contributed by atoms with E-state index in [1.54, 1.807) is 11.3 Å². The third-order valence-corrected chi connectivity index (χ3v) is 5.44. The molecule has 3 rings (SSSR count). The highest BCUT2D eigenvalue weighted by Gasteiger charge is 2.16. The highest BCUT2D eigenvalue weighted by Crippen LogP contribution is 2.33. The number of nitrogens with two attached hydrogens (primary N) is 1. The first-order valence-electron chi connectivity index (χ1n) is 8.59. The first-order chi connectivity index (χ1) is 12.9. The van der Waals surface area contributed by atoms with Gasteiger partial charge >= 0.3 is 0 Å². The molecule has 7 nitrogen and oxygen atoms in total. The number of hydrogen-bond acceptors (Lipinski definition) is 8. The van der Waals surface area contributed by atoms with Gasteiger partial charge in [0.1, 0.15) is 18.5 Å². The van der Waals surface area contributed by atoms with E-state index in [0.717, 1.165) is 32.0 Å². The lowest BCUT2D eigenvalue weighted by atomic mass is 10.1. The van der Waals surface area contributed by atoms with Crippen LogP contribution in [0.2, 0.25) is 0 Å². The Kier molecular flexibility index (Phi) is 5.91. The van der Waals surface area contributed by atoms with Crippen LogP contribution in [0.4, 0.5) is 0 Å². The van der Waals surface area contributed by atoms with Crippen molar-refractivity contribution in [2.75, 3.05) is 13.2 Å². The van der Waals surface area contributed by atoms with Crippen molar-refractivity contribution in [3.05, 3.63) is 39.8 Å². The van der Waals surface area contributed by atoms with Gasteiger partial charge < -0.3 is 25.2 Å². The molecule has 0 saturated carbocycles. The highest BCUT2D eigenvalue weighted by molar-refractivity contribution is 7.15. The largest absolute Gasteiger partial charge is 0.490 e. The summed E-state index contributed by atoms with van der Waals surface area (Å²) in [5, 5.41) is 22.5. The number of rotatable bonds is 7. The lowest BCUT2D eigenvalue weighted by Crippen LogP contribution is -2.21. The van der Waals surface area contributed by atoms with Crippen molar-refractivity contribution < 1.29 is 19.5 Å². The number of aliphatic hydroxyl groups is 2. The third kappa shape index (κ3) is 4.19. The van der Waals surface area contributed by atoms with Crippen LogP contribution < -0.4 is 10.5 Å². The molecule has 1 unspecified atom stereocenters. The molecular formula is C19H23N3O4S. The van der Waals surface area contributed by atoms with Crippen molar-refractivity contribution >= 4 is 11.3 Å². The molecule has 27 heavy (non-hydrogen) atoms. The van der Waals surface area contributed by atoms with Gasteiger partial charge in [0.15, 0.2) is 0 Å². The van der Waals surface area contributed by atoms with Crippen LogP contribution in [0.1, 0.15) is 21.6 Å². The monoisotopic (exact) mass is 389 g/mol. The van der Waals surface area contributed by atoms with Crippen molar-refractivity contribution in [2.45, 2.75) is 33.4 Å². The Morgan fingerprint density at radius 3 is 2.48 bits per heavy atom. The minimum absolute atomic E-state index is 0.0328. The number of ether oxygens (including phenoxy) is 1. The Labute approximate surface area is 161 Å². The summed E-state index contributed by atoms with van der Waals surface area (Å²) in [4.78, 5) is 6.52. The smallest absolute Gasteiger partial charge is 0.268 e. The van der Waals surface area contributed by atoms with Crippen molar-refractivity contribution in [3.8, 4) is 27.9 Å². The van der Waals surface area contributed by atoms with Gasteiger partial charge in [-0.2, -0.15) is 4.98 Å². The summed E-state index contributed by atoms with van der Waals surface area (Å²) < 4.78 is 11.1. The first-order valence-corrected chi connectivity index (χ1v) is 9.41. The third-order valence-electron chi connectivity index (χ3n) is 4.19. The summed E-state index contributed by atoms with van der Waals surface area (Å²) >= 11 is 1.56. The summed E-state index contributed by atoms with van der Waals surface area (Å²) in [7, 11) is 0. The first kappa shape index (κ1) is 19.5. The van der Waals surface area contributed by atoms with Crippen molar-refractivity contribution in [1.29, 1.82) is 0 Å². The maximum absolute atomic E-state index is 9.47. The van der Waals surface area contributed by atoms with Crippen LogP contribution in [0.15, 0.2) is 22.7 Å². The number of hydrogen-bond donors (Lipinski definition) is 3. The van der Waals surface area contributed by atoms with Crippen LogP contribution >= 0.6 is 11.3 Å². The minimum Gasteiger partial charge on any atom is -0.490 e. The summed E-state index contributed by atoms with van der Waals surface area (Å²) in [6.07, 6.45) is -0.907. The number of aliphatic hydroxyl groups excluding tert-OH is 2. The molecule has 8 heteroatoms. The van der Waals surface area contributed by atoms with E-state index in [1.165, 1.54) is 0 Å². The summed E-state index contributed by atoms with van der Waals surface area (Å²) in [5.74, 6) is 1.65. The van der Waals surface area contributed by atoms with E-state index in [0.29, 0.717) is 24.0 Å². The molecule has 4 N–H and O–H groups in total. The van der Waals surface area contributed by atoms with Gasteiger partial charge in [-0.25, -0.2) is 0 Å². The summed E-state index contributed by atoms with van der Waals surface area (Å²) in [6.45, 7) is 6.02. The quantitative estimate of drug-likeness (QED) is 0.569. The molecule has 2 aromatic heterocycles. The molecule has 0 spiro atoms. The molecule has 1 atom stereocenters. The number of nitrogens with zero attached hydrogens (tertiary/aromatic N) is 2. The highest BCUT2D eigenvalue weighted by atomic mass is 32.1. The van der Waals surface area contributed by atoms with E-state index >= 15 is 0 Å². The molecule has 0 amide bonds. The average Bonchev–Trinajstić information content (AvgIpc) is 3.27. The second-order valence-electron chi connectivity index (χ2n) is 6.43. The molecule has 0 fully saturated rings. The van der Waals surface area contributed by atoms with Crippen LogP contribution in [0.25, 0.3) is 22.2 Å². The average molecular weight is 389 g/mol. The Morgan fingerprint density at radius 2 is 1.89 bits per heavy atom. The normalized spacial score (nSPS) is 12.4. The zero-order chi connectivity index (χ0) is 19.6. The lowest BCUT2D eigenvalue weighted by molar-refractivity contribution is 0.0532. The molecule has 2 heterocycles. The fraction of sp³-hybridized carbons (Fsp3) is 0.368. The maximum atomic E-state index is 9.47. The molecule has 0 aliphatic rings. The zero-order valence-corrected chi connectivity index (χ0v) is 16.3. The van der Waals surface area contributed by atoms with Crippen LogP contribution in [0.3, 0.4) is 0 Å². The number of benzene rings is 1. The number of aromatic nitrogens is 2. The van der Waals surface area contributed by atoms with Crippen LogP contribution in [0, 0.1) is 20.8 Å². The maximum Gasteiger partial charge on any atom is 0.268 e. The Hall–Kier alpha value is -2.26. The van der Waals surface area contributed by atoms with Gasteiger partial charge in [-0.15, -0.1) is 11.3 Å². The zero-order valence-electron chi connectivity index (χ0n) is 15.5. The van der Waals surface area contributed by atoms with Gasteiger partial charge in [-0.3, -0.25) is 0 Å². The SMILES string of the molecule is Cc1cc(-c2nc(-c3cc(C)c(OCC(O)CO)c(C)c3)no2)sc1CN. The van der Waals surface area contributed by atoms with E-state index in [9.17, 15) is 5.11 Å². The molecular weight excluding hydrogens is 366 g/mol. The van der Waals surface area contributed by atoms with E-state index in [-0.39, 0.29) is 13.2 Å². The van der Waals surface area contributed by atoms with E-state index in [1.807, 2.05) is 39.0 Å². The van der Waals surface area contributed by atoms with Gasteiger partial charge in [0.2, 0.25) is 5.82 Å². The Balaban J connectivity index is 1.85. The second-order valence-corrected chi connectivity index (χ2v) is 7.57. The van der Waals surface area contributed by atoms with Gasteiger partial charge in [0.25, 0.3) is 5.89 Å². The number of thiophene rings is 1. The minimum atomic E-state index is -0.907. The summed E-state index contributed by atoms with van der Waals surface area (Å²) in [6, 6.07) is 5.82. The standard InChI is InChI=1S/C19H23N3O4S/c1-10-6-15(27-16(10)7-20)19-21-18(22-26-19)13-4-11(2)17(12(3)5-13)25-9-14(24)8-23/h4-6,14,23-24H,7-9,20H2,1-3H3. The van der Waals surface area contributed by atoms with Crippen molar-refractivity contribution in [2.24, 2.45) is 5.73 Å². The van der Waals surface area contributed by atoms with E-state index in [2.05, 4.69) is 10.1 Å². The fourth-order valence-electron chi connectivity index (χ4n) is 2.81. The Bertz CT molecular complexity index is 912. The molecule has 0 aliphatic heterocycles. The Morgan fingerprint density at radius 1 is 1.19 bits per heavy atom. The second kappa shape index (κ2) is 8.18. The molecule has 0 radical (unpaired) electrons. The molecule has 0 aliphatic carbocycles. The van der Waals surface area contributed by atoms with E-state index in [4.69, 9.17) is 20.1 Å². The van der Waals surface area contributed by atoms with Gasteiger partial charge in [-0.1, -0.05) is 5.16 Å². The molecule has 144 valence electrons. The lowest BCUT2D eigenvalue weighted by Gasteiger charge is -2.15. The fourth-order valence-corrected chi connectivity index (χ4v) is 3.78. The van der Waals surface area contributed by atoms with Gasteiger partial charge in [0, 0.05) is 17.0 Å². The van der Waals surface area contributed by atoms with Crippen molar-refractivity contribution in [3.63, 3.8) is 0 Å². The molecule has 3 aromatic rings. The predicted molar refractivity (Wildman–Crippen MR) is 104 cm³/mol. The van der Waals surface area contributed by atoms with Gasteiger partial charge in [0.05, 0.1) is 11.5 Å². The van der Waals surface area contributed by atoms with Crippen LogP contribution in [-0.4, -0.2) is 39.7 Å². The topological polar surface area (TPSA) is 115 Å². The van der Waals surface area contributed by atoms with Crippen LogP contribution in [0.5, 0.6) is 5.75 Å². The van der Waals surface area contributed by atoms with Gasteiger partial charge in [-0.05, 0) is 55.7 Å². The van der Waals surface area contributed by atoms with Crippen LogP contribution in [-0.2, 0) is 6.54 Å². The predicted octanol–water partition coefficient (Wildman–Crippen LogP) is 2.58. The molecule has 0 saturated heterocycles.